The minimum Gasteiger partial charge on any atom is -0.313 e. The molecule has 0 spiro atoms. The van der Waals surface area contributed by atoms with Crippen LogP contribution in [0.1, 0.15) is 46.5 Å². The van der Waals surface area contributed by atoms with E-state index in [9.17, 15) is 0 Å². The highest BCUT2D eigenvalue weighted by Gasteiger charge is 2.15. The van der Waals surface area contributed by atoms with E-state index in [1.165, 1.54) is 65.0 Å². The van der Waals surface area contributed by atoms with Gasteiger partial charge < -0.3 is 15.1 Å². The van der Waals surface area contributed by atoms with Crippen LogP contribution < -0.4 is 5.32 Å². The van der Waals surface area contributed by atoms with Gasteiger partial charge in [-0.2, -0.15) is 0 Å². The molecule has 3 nitrogen and oxygen atoms in total. The molecule has 0 aromatic heterocycles. The molecule has 0 radical (unpaired) electrons. The van der Waals surface area contributed by atoms with Gasteiger partial charge in [-0.15, -0.1) is 0 Å². The predicted molar refractivity (Wildman–Crippen MR) is 80.2 cm³/mol. The molecule has 1 aliphatic rings. The Morgan fingerprint density at radius 3 is 2.61 bits per heavy atom. The van der Waals surface area contributed by atoms with Crippen molar-refractivity contribution in [3.63, 3.8) is 0 Å². The Morgan fingerprint density at radius 1 is 1.11 bits per heavy atom. The molecule has 3 heteroatoms. The summed E-state index contributed by atoms with van der Waals surface area (Å²) in [5, 5.41) is 3.76. The van der Waals surface area contributed by atoms with Crippen molar-refractivity contribution in [2.75, 3.05) is 45.8 Å². The van der Waals surface area contributed by atoms with Crippen LogP contribution in [0.25, 0.3) is 0 Å². The van der Waals surface area contributed by atoms with Crippen LogP contribution >= 0.6 is 0 Å². The highest BCUT2D eigenvalue weighted by molar-refractivity contribution is 4.74. The molecule has 0 aromatic rings. The molecule has 1 heterocycles. The molecule has 0 bridgehead atoms. The molecule has 18 heavy (non-hydrogen) atoms. The number of rotatable bonds is 8. The van der Waals surface area contributed by atoms with Crippen molar-refractivity contribution >= 4 is 0 Å². The Bertz CT molecular complexity index is 196. The monoisotopic (exact) mass is 255 g/mol. The van der Waals surface area contributed by atoms with Crippen molar-refractivity contribution in [2.24, 2.45) is 0 Å². The number of hydrogen-bond acceptors (Lipinski definition) is 3. The van der Waals surface area contributed by atoms with Crippen LogP contribution in [0, 0.1) is 0 Å². The summed E-state index contributed by atoms with van der Waals surface area (Å²) >= 11 is 0. The molecule has 1 unspecified atom stereocenters. The van der Waals surface area contributed by atoms with Crippen molar-refractivity contribution in [3.05, 3.63) is 0 Å². The molecule has 1 atom stereocenters. The van der Waals surface area contributed by atoms with Crippen LogP contribution in [0.2, 0.25) is 0 Å². The van der Waals surface area contributed by atoms with E-state index in [0.717, 1.165) is 12.6 Å². The third-order valence-corrected chi connectivity index (χ3v) is 4.12. The average molecular weight is 255 g/mol. The molecule has 1 saturated heterocycles. The van der Waals surface area contributed by atoms with Crippen molar-refractivity contribution in [1.29, 1.82) is 0 Å². The zero-order valence-corrected chi connectivity index (χ0v) is 12.7. The van der Waals surface area contributed by atoms with E-state index in [-0.39, 0.29) is 0 Å². The molecule has 1 rings (SSSR count). The molecule has 0 aliphatic carbocycles. The van der Waals surface area contributed by atoms with Crippen molar-refractivity contribution in [3.8, 4) is 0 Å². The third kappa shape index (κ3) is 6.17. The average Bonchev–Trinajstić information content (AvgIpc) is 2.63. The van der Waals surface area contributed by atoms with Gasteiger partial charge in [-0.3, -0.25) is 0 Å². The first-order valence-corrected chi connectivity index (χ1v) is 7.98. The number of hydrogen-bond donors (Lipinski definition) is 1. The van der Waals surface area contributed by atoms with E-state index < -0.39 is 0 Å². The van der Waals surface area contributed by atoms with Crippen LogP contribution in [0.15, 0.2) is 0 Å². The maximum Gasteiger partial charge on any atom is 0.0107 e. The summed E-state index contributed by atoms with van der Waals surface area (Å²) in [5.74, 6) is 0. The first-order chi connectivity index (χ1) is 8.80. The van der Waals surface area contributed by atoms with E-state index in [0.29, 0.717) is 0 Å². The quantitative estimate of drug-likeness (QED) is 0.717. The Kier molecular flexibility index (Phi) is 8.64. The molecule has 0 aromatic carbocycles. The van der Waals surface area contributed by atoms with E-state index in [2.05, 4.69) is 35.9 Å². The van der Waals surface area contributed by atoms with Gasteiger partial charge in [0, 0.05) is 19.1 Å². The van der Waals surface area contributed by atoms with Gasteiger partial charge in [-0.05, 0) is 58.4 Å². The van der Waals surface area contributed by atoms with Crippen molar-refractivity contribution in [2.45, 2.75) is 52.5 Å². The fourth-order valence-corrected chi connectivity index (χ4v) is 2.85. The number of likely N-dealkylation sites (tertiary alicyclic amines) is 1. The second kappa shape index (κ2) is 9.76. The molecule has 0 amide bonds. The van der Waals surface area contributed by atoms with Crippen LogP contribution in [-0.2, 0) is 0 Å². The molecule has 1 N–H and O–H groups in total. The van der Waals surface area contributed by atoms with E-state index >= 15 is 0 Å². The van der Waals surface area contributed by atoms with Crippen molar-refractivity contribution < 1.29 is 0 Å². The summed E-state index contributed by atoms with van der Waals surface area (Å²) < 4.78 is 0. The third-order valence-electron chi connectivity index (χ3n) is 4.12. The summed E-state index contributed by atoms with van der Waals surface area (Å²) in [7, 11) is 0. The van der Waals surface area contributed by atoms with Gasteiger partial charge in [0.05, 0.1) is 0 Å². The molecular formula is C15H33N3. The SMILES string of the molecule is CCCN(CC)CCNC1CCCN(CC)CC1. The highest BCUT2D eigenvalue weighted by atomic mass is 15.1. The number of nitrogens with one attached hydrogen (secondary N) is 1. The van der Waals surface area contributed by atoms with Crippen molar-refractivity contribution in [1.82, 2.24) is 15.1 Å². The zero-order valence-electron chi connectivity index (χ0n) is 12.7. The summed E-state index contributed by atoms with van der Waals surface area (Å²) in [6.07, 6.45) is 5.31. The largest absolute Gasteiger partial charge is 0.313 e. The predicted octanol–water partition coefficient (Wildman–Crippen LogP) is 2.18. The lowest BCUT2D eigenvalue weighted by Gasteiger charge is -2.22. The first-order valence-electron chi connectivity index (χ1n) is 7.98. The zero-order chi connectivity index (χ0) is 13.2. The molecule has 1 aliphatic heterocycles. The standard InChI is InChI=1S/C15H33N3/c1-4-11-17(5-2)14-10-16-15-8-7-12-18(6-3)13-9-15/h15-16H,4-14H2,1-3H3. The molecular weight excluding hydrogens is 222 g/mol. The van der Waals surface area contributed by atoms with Gasteiger partial charge in [-0.1, -0.05) is 20.8 Å². The van der Waals surface area contributed by atoms with Gasteiger partial charge >= 0.3 is 0 Å². The lowest BCUT2D eigenvalue weighted by atomic mass is 10.1. The van der Waals surface area contributed by atoms with Gasteiger partial charge in [0.1, 0.15) is 0 Å². The molecule has 108 valence electrons. The van der Waals surface area contributed by atoms with Crippen LogP contribution in [-0.4, -0.2) is 61.7 Å². The number of nitrogens with zero attached hydrogens (tertiary/aromatic N) is 2. The van der Waals surface area contributed by atoms with Crippen LogP contribution in [0.5, 0.6) is 0 Å². The van der Waals surface area contributed by atoms with E-state index in [1.807, 2.05) is 0 Å². The summed E-state index contributed by atoms with van der Waals surface area (Å²) in [6.45, 7) is 15.4. The minimum absolute atomic E-state index is 0.752. The molecule has 1 fully saturated rings. The van der Waals surface area contributed by atoms with E-state index in [4.69, 9.17) is 0 Å². The lowest BCUT2D eigenvalue weighted by molar-refractivity contribution is 0.276. The Morgan fingerprint density at radius 2 is 1.94 bits per heavy atom. The molecule has 0 saturated carbocycles. The first kappa shape index (κ1) is 15.9. The van der Waals surface area contributed by atoms with Gasteiger partial charge in [0.25, 0.3) is 0 Å². The number of likely N-dealkylation sites (N-methyl/N-ethyl adjacent to an activating group) is 1. The maximum atomic E-state index is 3.76. The van der Waals surface area contributed by atoms with Gasteiger partial charge in [0.2, 0.25) is 0 Å². The summed E-state index contributed by atoms with van der Waals surface area (Å²) in [4.78, 5) is 5.12. The minimum atomic E-state index is 0.752. The fraction of sp³-hybridized carbons (Fsp3) is 1.00. The van der Waals surface area contributed by atoms with E-state index in [1.54, 1.807) is 0 Å². The highest BCUT2D eigenvalue weighted by Crippen LogP contribution is 2.10. The smallest absolute Gasteiger partial charge is 0.0107 e. The van der Waals surface area contributed by atoms with Crippen LogP contribution in [0.4, 0.5) is 0 Å². The maximum absolute atomic E-state index is 3.76. The lowest BCUT2D eigenvalue weighted by Crippen LogP contribution is -2.38. The second-order valence-corrected chi connectivity index (χ2v) is 5.45. The topological polar surface area (TPSA) is 18.5 Å². The Labute approximate surface area is 114 Å². The van der Waals surface area contributed by atoms with Gasteiger partial charge in [-0.25, -0.2) is 0 Å². The van der Waals surface area contributed by atoms with Gasteiger partial charge in [0.15, 0.2) is 0 Å². The Hall–Kier alpha value is -0.120. The summed E-state index contributed by atoms with van der Waals surface area (Å²) in [5.41, 5.74) is 0. The van der Waals surface area contributed by atoms with Crippen LogP contribution in [0.3, 0.4) is 0 Å². The Balaban J connectivity index is 2.14. The fourth-order valence-electron chi connectivity index (χ4n) is 2.85. The summed E-state index contributed by atoms with van der Waals surface area (Å²) in [6, 6.07) is 0.752. The second-order valence-electron chi connectivity index (χ2n) is 5.45. The normalized spacial score (nSPS) is 22.3.